The van der Waals surface area contributed by atoms with Gasteiger partial charge in [0.2, 0.25) is 0 Å². The third-order valence-corrected chi connectivity index (χ3v) is 3.21. The Morgan fingerprint density at radius 3 is 2.76 bits per heavy atom. The Labute approximate surface area is 102 Å². The molecule has 1 aromatic rings. The molecule has 1 aromatic heterocycles. The van der Waals surface area contributed by atoms with Crippen molar-refractivity contribution in [2.24, 2.45) is 0 Å². The van der Waals surface area contributed by atoms with Crippen molar-refractivity contribution in [2.45, 2.75) is 25.5 Å². The Morgan fingerprint density at radius 2 is 2.12 bits per heavy atom. The highest BCUT2D eigenvalue weighted by atomic mass is 16.5. The topological polar surface area (TPSA) is 50.5 Å². The van der Waals surface area contributed by atoms with E-state index in [0.29, 0.717) is 12.7 Å². The lowest BCUT2D eigenvalue weighted by atomic mass is 10.1. The van der Waals surface area contributed by atoms with E-state index < -0.39 is 0 Å². The van der Waals surface area contributed by atoms with Crippen LogP contribution in [0.5, 0.6) is 0 Å². The maximum absolute atomic E-state index is 8.69. The largest absolute Gasteiger partial charge is 0.394 e. The molecule has 1 aliphatic heterocycles. The van der Waals surface area contributed by atoms with Crippen LogP contribution in [0.15, 0.2) is 18.7 Å². The Kier molecular flexibility index (Phi) is 4.97. The van der Waals surface area contributed by atoms with Crippen molar-refractivity contribution in [3.8, 4) is 0 Å². The first kappa shape index (κ1) is 12.5. The lowest BCUT2D eigenvalue weighted by Gasteiger charge is -2.31. The summed E-state index contributed by atoms with van der Waals surface area (Å²) in [6, 6.07) is 0. The summed E-state index contributed by atoms with van der Waals surface area (Å²) in [4.78, 5) is 6.49. The number of hydrogen-bond acceptors (Lipinski definition) is 4. The number of aliphatic hydroxyl groups excluding tert-OH is 1. The van der Waals surface area contributed by atoms with Crippen molar-refractivity contribution in [1.29, 1.82) is 0 Å². The fourth-order valence-corrected chi connectivity index (χ4v) is 2.19. The van der Waals surface area contributed by atoms with Gasteiger partial charge in [-0.15, -0.1) is 0 Å². The number of aliphatic hydroxyl groups is 1. The predicted molar refractivity (Wildman–Crippen MR) is 64.7 cm³/mol. The SMILES string of the molecule is OCCOC1CCN(CCn2ccnc2)CC1. The van der Waals surface area contributed by atoms with E-state index >= 15 is 0 Å². The van der Waals surface area contributed by atoms with Crippen LogP contribution in [0.25, 0.3) is 0 Å². The zero-order valence-corrected chi connectivity index (χ0v) is 10.2. The molecule has 1 aliphatic rings. The minimum Gasteiger partial charge on any atom is -0.394 e. The summed E-state index contributed by atoms with van der Waals surface area (Å²) in [5, 5.41) is 8.69. The third-order valence-electron chi connectivity index (χ3n) is 3.21. The first-order chi connectivity index (χ1) is 8.38. The average molecular weight is 239 g/mol. The average Bonchev–Trinajstić information content (AvgIpc) is 2.88. The molecule has 0 saturated carbocycles. The number of aromatic nitrogens is 2. The number of rotatable bonds is 6. The van der Waals surface area contributed by atoms with Gasteiger partial charge in [-0.1, -0.05) is 0 Å². The second-order valence-corrected chi connectivity index (χ2v) is 4.44. The Bertz CT molecular complexity index is 295. The smallest absolute Gasteiger partial charge is 0.0946 e. The summed E-state index contributed by atoms with van der Waals surface area (Å²) in [7, 11) is 0. The van der Waals surface area contributed by atoms with Gasteiger partial charge in [0.15, 0.2) is 0 Å². The number of nitrogens with zero attached hydrogens (tertiary/aromatic N) is 3. The normalized spacial score (nSPS) is 18.6. The van der Waals surface area contributed by atoms with E-state index in [4.69, 9.17) is 9.84 Å². The van der Waals surface area contributed by atoms with E-state index in [1.807, 2.05) is 18.7 Å². The molecule has 0 aliphatic carbocycles. The van der Waals surface area contributed by atoms with Crippen LogP contribution in [0.1, 0.15) is 12.8 Å². The molecule has 17 heavy (non-hydrogen) atoms. The molecule has 2 heterocycles. The molecule has 1 N–H and O–H groups in total. The van der Waals surface area contributed by atoms with E-state index in [-0.39, 0.29) is 6.61 Å². The minimum atomic E-state index is 0.126. The molecule has 0 aromatic carbocycles. The van der Waals surface area contributed by atoms with Crippen LogP contribution in [0.3, 0.4) is 0 Å². The summed E-state index contributed by atoms with van der Waals surface area (Å²) in [6.07, 6.45) is 8.16. The van der Waals surface area contributed by atoms with Gasteiger partial charge in [0.25, 0.3) is 0 Å². The maximum atomic E-state index is 8.69. The number of piperidine rings is 1. The molecule has 2 rings (SSSR count). The van der Waals surface area contributed by atoms with Crippen molar-refractivity contribution < 1.29 is 9.84 Å². The van der Waals surface area contributed by atoms with Gasteiger partial charge >= 0.3 is 0 Å². The van der Waals surface area contributed by atoms with Crippen LogP contribution in [-0.4, -0.2) is 58.5 Å². The van der Waals surface area contributed by atoms with Crippen LogP contribution < -0.4 is 0 Å². The molecule has 0 unspecified atom stereocenters. The molecule has 0 spiro atoms. The number of ether oxygens (including phenoxy) is 1. The summed E-state index contributed by atoms with van der Waals surface area (Å²) >= 11 is 0. The summed E-state index contributed by atoms with van der Waals surface area (Å²) in [5.41, 5.74) is 0. The highest BCUT2D eigenvalue weighted by molar-refractivity contribution is 4.76. The van der Waals surface area contributed by atoms with E-state index in [1.54, 1.807) is 0 Å². The molecule has 0 amide bonds. The highest BCUT2D eigenvalue weighted by Gasteiger charge is 2.18. The fourth-order valence-electron chi connectivity index (χ4n) is 2.19. The van der Waals surface area contributed by atoms with Gasteiger partial charge in [-0.3, -0.25) is 0 Å². The Hall–Kier alpha value is -0.910. The van der Waals surface area contributed by atoms with E-state index in [0.717, 1.165) is 39.0 Å². The third kappa shape index (κ3) is 4.11. The molecule has 0 bridgehead atoms. The van der Waals surface area contributed by atoms with Crippen molar-refractivity contribution in [3.63, 3.8) is 0 Å². The van der Waals surface area contributed by atoms with Gasteiger partial charge in [-0.25, -0.2) is 4.98 Å². The van der Waals surface area contributed by atoms with Crippen molar-refractivity contribution >= 4 is 0 Å². The minimum absolute atomic E-state index is 0.126. The van der Waals surface area contributed by atoms with Gasteiger partial charge in [-0.2, -0.15) is 0 Å². The molecule has 0 atom stereocenters. The zero-order chi connectivity index (χ0) is 11.9. The van der Waals surface area contributed by atoms with E-state index in [9.17, 15) is 0 Å². The molecule has 96 valence electrons. The number of imidazole rings is 1. The van der Waals surface area contributed by atoms with E-state index in [2.05, 4.69) is 14.5 Å². The molecule has 1 saturated heterocycles. The monoisotopic (exact) mass is 239 g/mol. The van der Waals surface area contributed by atoms with Gasteiger partial charge in [0, 0.05) is 38.6 Å². The molecular weight excluding hydrogens is 218 g/mol. The lowest BCUT2D eigenvalue weighted by Crippen LogP contribution is -2.38. The van der Waals surface area contributed by atoms with Gasteiger partial charge in [-0.05, 0) is 12.8 Å². The molecule has 5 nitrogen and oxygen atoms in total. The predicted octanol–water partition coefficient (Wildman–Crippen LogP) is 0.356. The van der Waals surface area contributed by atoms with Crippen LogP contribution in [-0.2, 0) is 11.3 Å². The summed E-state index contributed by atoms with van der Waals surface area (Å²) in [5.74, 6) is 0. The van der Waals surface area contributed by atoms with E-state index in [1.165, 1.54) is 0 Å². The van der Waals surface area contributed by atoms with Gasteiger partial charge in [0.1, 0.15) is 0 Å². The highest BCUT2D eigenvalue weighted by Crippen LogP contribution is 2.13. The van der Waals surface area contributed by atoms with Crippen molar-refractivity contribution in [1.82, 2.24) is 14.5 Å². The fraction of sp³-hybridized carbons (Fsp3) is 0.750. The van der Waals surface area contributed by atoms with Gasteiger partial charge < -0.3 is 19.3 Å². The second-order valence-electron chi connectivity index (χ2n) is 4.44. The Balaban J connectivity index is 1.62. The molecule has 1 fully saturated rings. The zero-order valence-electron chi connectivity index (χ0n) is 10.2. The number of hydrogen-bond donors (Lipinski definition) is 1. The van der Waals surface area contributed by atoms with Crippen molar-refractivity contribution in [3.05, 3.63) is 18.7 Å². The Morgan fingerprint density at radius 1 is 1.29 bits per heavy atom. The first-order valence-corrected chi connectivity index (χ1v) is 6.29. The quantitative estimate of drug-likeness (QED) is 0.778. The summed E-state index contributed by atoms with van der Waals surface area (Å²) < 4.78 is 7.64. The van der Waals surface area contributed by atoms with Crippen LogP contribution in [0.2, 0.25) is 0 Å². The van der Waals surface area contributed by atoms with Gasteiger partial charge in [0.05, 0.1) is 25.6 Å². The summed E-state index contributed by atoms with van der Waals surface area (Å²) in [6.45, 7) is 4.85. The van der Waals surface area contributed by atoms with Crippen LogP contribution in [0.4, 0.5) is 0 Å². The lowest BCUT2D eigenvalue weighted by molar-refractivity contribution is -0.00811. The van der Waals surface area contributed by atoms with Crippen LogP contribution >= 0.6 is 0 Å². The molecular formula is C12H21N3O2. The first-order valence-electron chi connectivity index (χ1n) is 6.29. The molecule has 0 radical (unpaired) electrons. The molecule has 5 heteroatoms. The van der Waals surface area contributed by atoms with Crippen molar-refractivity contribution in [2.75, 3.05) is 32.8 Å². The van der Waals surface area contributed by atoms with Crippen LogP contribution in [0, 0.1) is 0 Å². The number of likely N-dealkylation sites (tertiary alicyclic amines) is 1. The standard InChI is InChI=1S/C12H21N3O2/c16-9-10-17-12-1-4-14(5-2-12)7-8-15-6-3-13-11-15/h3,6,11-12,16H,1-2,4-5,7-10H2. The second kappa shape index (κ2) is 6.74. The maximum Gasteiger partial charge on any atom is 0.0946 e.